The molecule has 0 rings (SSSR count). The normalized spacial score (nSPS) is 8.17. The van der Waals surface area contributed by atoms with Gasteiger partial charge in [0.15, 0.2) is 7.85 Å². The van der Waals surface area contributed by atoms with E-state index < -0.39 is 0 Å². The number of hydrogen-bond donors (Lipinski definition) is 1. The lowest BCUT2D eigenvalue weighted by atomic mass is 9.97. The molecule has 1 nitrogen and oxygen atoms in total. The molecule has 0 radical (unpaired) electrons. The van der Waals surface area contributed by atoms with E-state index in [2.05, 4.69) is 6.92 Å². The molecule has 0 bridgehead atoms. The average Bonchev–Trinajstić information content (AvgIpc) is 1.35. The molecular weight excluding hydrogens is 72.9 g/mol. The van der Waals surface area contributed by atoms with Crippen LogP contribution in [0.1, 0.15) is 19.8 Å². The molecule has 0 aromatic rings. The molecule has 0 saturated heterocycles. The molecule has 0 amide bonds. The van der Waals surface area contributed by atoms with E-state index in [1.807, 2.05) is 7.85 Å². The first-order chi connectivity index (χ1) is 2.77. The van der Waals surface area contributed by atoms with Gasteiger partial charge in [-0.2, -0.15) is 0 Å². The van der Waals surface area contributed by atoms with Crippen LogP contribution in [0.2, 0.25) is 0 Å². The molecule has 6 heavy (non-hydrogen) atoms. The first kappa shape index (κ1) is 5.73. The predicted molar refractivity (Wildman–Crippen MR) is 31.2 cm³/mol. The Labute approximate surface area is 39.7 Å². The summed E-state index contributed by atoms with van der Waals surface area (Å²) < 4.78 is 0. The summed E-state index contributed by atoms with van der Waals surface area (Å²) in [5.41, 5.74) is 0.789. The second-order valence-electron chi connectivity index (χ2n) is 1.53. The Bertz CT molecular complexity index is 51.5. The highest BCUT2D eigenvalue weighted by Crippen LogP contribution is 1.82. The summed E-state index contributed by atoms with van der Waals surface area (Å²) in [5, 5.41) is 6.89. The highest BCUT2D eigenvalue weighted by atomic mass is 14.3. The SMILES string of the molecule is BC(=N)CCC. The van der Waals surface area contributed by atoms with Crippen molar-refractivity contribution in [2.24, 2.45) is 0 Å². The second kappa shape index (κ2) is 2.95. The van der Waals surface area contributed by atoms with Crippen molar-refractivity contribution < 1.29 is 0 Å². The third-order valence-corrected chi connectivity index (χ3v) is 0.625. The van der Waals surface area contributed by atoms with Crippen molar-refractivity contribution in [2.75, 3.05) is 0 Å². The molecular formula is C4H10BN. The van der Waals surface area contributed by atoms with Crippen molar-refractivity contribution in [3.05, 3.63) is 0 Å². The molecule has 2 heteroatoms. The quantitative estimate of drug-likeness (QED) is 0.369. The highest BCUT2D eigenvalue weighted by Gasteiger charge is 1.79. The first-order valence-corrected chi connectivity index (χ1v) is 2.31. The summed E-state index contributed by atoms with van der Waals surface area (Å²) in [6.07, 6.45) is 2.06. The van der Waals surface area contributed by atoms with Gasteiger partial charge in [0.1, 0.15) is 0 Å². The van der Waals surface area contributed by atoms with Gasteiger partial charge in [0.25, 0.3) is 0 Å². The summed E-state index contributed by atoms with van der Waals surface area (Å²) in [4.78, 5) is 0. The van der Waals surface area contributed by atoms with Crippen molar-refractivity contribution in [2.45, 2.75) is 19.8 Å². The second-order valence-corrected chi connectivity index (χ2v) is 1.53. The van der Waals surface area contributed by atoms with E-state index in [4.69, 9.17) is 5.41 Å². The van der Waals surface area contributed by atoms with Gasteiger partial charge in [-0.1, -0.05) is 13.3 Å². The van der Waals surface area contributed by atoms with Crippen LogP contribution in [0.15, 0.2) is 0 Å². The summed E-state index contributed by atoms with van der Waals surface area (Å²) >= 11 is 0. The highest BCUT2D eigenvalue weighted by molar-refractivity contribution is 6.58. The largest absolute Gasteiger partial charge is 0.320 e. The van der Waals surface area contributed by atoms with Gasteiger partial charge in [-0.05, 0) is 12.0 Å². The Morgan fingerprint density at radius 3 is 2.33 bits per heavy atom. The number of rotatable bonds is 2. The van der Waals surface area contributed by atoms with Crippen LogP contribution >= 0.6 is 0 Å². The van der Waals surface area contributed by atoms with Gasteiger partial charge in [0.05, 0.1) is 0 Å². The zero-order chi connectivity index (χ0) is 4.99. The van der Waals surface area contributed by atoms with Crippen molar-refractivity contribution in [3.8, 4) is 0 Å². The maximum atomic E-state index is 6.89. The zero-order valence-corrected chi connectivity index (χ0v) is 4.41. The molecule has 0 aromatic carbocycles. The maximum absolute atomic E-state index is 6.89. The molecule has 0 atom stereocenters. The van der Waals surface area contributed by atoms with Crippen molar-refractivity contribution in [1.29, 1.82) is 5.41 Å². The summed E-state index contributed by atoms with van der Waals surface area (Å²) in [7, 11) is 1.84. The van der Waals surface area contributed by atoms with Crippen LogP contribution in [-0.2, 0) is 0 Å². The molecule has 1 N–H and O–H groups in total. The Kier molecular flexibility index (Phi) is 2.82. The first-order valence-electron chi connectivity index (χ1n) is 2.31. The zero-order valence-electron chi connectivity index (χ0n) is 4.41. The smallest absolute Gasteiger partial charge is 0.157 e. The molecule has 0 spiro atoms. The summed E-state index contributed by atoms with van der Waals surface area (Å²) in [5.74, 6) is 0. The van der Waals surface area contributed by atoms with E-state index in [-0.39, 0.29) is 0 Å². The molecule has 34 valence electrons. The van der Waals surface area contributed by atoms with E-state index in [1.54, 1.807) is 0 Å². The molecule has 0 fully saturated rings. The van der Waals surface area contributed by atoms with Crippen molar-refractivity contribution in [1.82, 2.24) is 0 Å². The van der Waals surface area contributed by atoms with Crippen molar-refractivity contribution in [3.63, 3.8) is 0 Å². The standard InChI is InChI=1S/C4H10BN/c1-2-3-4(5)6/h6H,2-3,5H2,1H3. The number of hydrogen-bond acceptors (Lipinski definition) is 1. The fraction of sp³-hybridized carbons (Fsp3) is 0.750. The summed E-state index contributed by atoms with van der Waals surface area (Å²) in [6, 6.07) is 0. The Morgan fingerprint density at radius 1 is 1.83 bits per heavy atom. The lowest BCUT2D eigenvalue weighted by Crippen LogP contribution is -1.90. The fourth-order valence-corrected chi connectivity index (χ4v) is 0.375. The molecule has 0 aromatic heterocycles. The van der Waals surface area contributed by atoms with Crippen LogP contribution in [0.25, 0.3) is 0 Å². The van der Waals surface area contributed by atoms with E-state index in [1.165, 1.54) is 0 Å². The number of nitrogens with one attached hydrogen (secondary N) is 1. The summed E-state index contributed by atoms with van der Waals surface area (Å²) in [6.45, 7) is 2.08. The Balaban J connectivity index is 2.83. The van der Waals surface area contributed by atoms with Gasteiger partial charge in [0, 0.05) is 0 Å². The van der Waals surface area contributed by atoms with Gasteiger partial charge in [-0.25, -0.2) is 0 Å². The lowest BCUT2D eigenvalue weighted by Gasteiger charge is -1.85. The average molecular weight is 82.9 g/mol. The monoisotopic (exact) mass is 83.1 g/mol. The predicted octanol–water partition coefficient (Wildman–Crippen LogP) is 0.397. The lowest BCUT2D eigenvalue weighted by molar-refractivity contribution is 0.998. The minimum absolute atomic E-state index is 0.789. The van der Waals surface area contributed by atoms with Gasteiger partial charge in [-0.3, -0.25) is 0 Å². The van der Waals surface area contributed by atoms with Gasteiger partial charge in [0.2, 0.25) is 0 Å². The van der Waals surface area contributed by atoms with Crippen LogP contribution in [0.3, 0.4) is 0 Å². The Hall–Kier alpha value is -0.265. The van der Waals surface area contributed by atoms with E-state index in [0.717, 1.165) is 18.5 Å². The molecule has 0 saturated carbocycles. The van der Waals surface area contributed by atoms with Gasteiger partial charge in [-0.15, -0.1) is 0 Å². The van der Waals surface area contributed by atoms with Crippen LogP contribution in [0.5, 0.6) is 0 Å². The topological polar surface area (TPSA) is 23.9 Å². The Morgan fingerprint density at radius 2 is 2.33 bits per heavy atom. The minimum atomic E-state index is 0.789. The van der Waals surface area contributed by atoms with E-state index in [0.29, 0.717) is 0 Å². The van der Waals surface area contributed by atoms with E-state index in [9.17, 15) is 0 Å². The molecule has 0 aliphatic carbocycles. The maximum Gasteiger partial charge on any atom is 0.157 e. The van der Waals surface area contributed by atoms with Crippen LogP contribution in [0.4, 0.5) is 0 Å². The van der Waals surface area contributed by atoms with Crippen LogP contribution in [0, 0.1) is 5.41 Å². The van der Waals surface area contributed by atoms with Crippen LogP contribution < -0.4 is 0 Å². The van der Waals surface area contributed by atoms with Gasteiger partial charge < -0.3 is 5.41 Å². The molecule has 0 heterocycles. The minimum Gasteiger partial charge on any atom is -0.320 e. The fourth-order valence-electron chi connectivity index (χ4n) is 0.375. The van der Waals surface area contributed by atoms with Gasteiger partial charge >= 0.3 is 0 Å². The third kappa shape index (κ3) is 3.73. The molecule has 0 aliphatic heterocycles. The molecule has 0 aliphatic rings. The van der Waals surface area contributed by atoms with Crippen molar-refractivity contribution >= 4 is 13.5 Å². The molecule has 0 unspecified atom stereocenters. The van der Waals surface area contributed by atoms with Crippen LogP contribution in [-0.4, -0.2) is 13.5 Å². The third-order valence-electron chi connectivity index (χ3n) is 0.625. The van der Waals surface area contributed by atoms with E-state index >= 15 is 0 Å².